The molecule has 0 unspecified atom stereocenters. The Bertz CT molecular complexity index is 1330. The number of nitrogens with one attached hydrogen (secondary N) is 1. The van der Waals surface area contributed by atoms with Crippen LogP contribution < -0.4 is 14.5 Å². The van der Waals surface area contributed by atoms with Crippen molar-refractivity contribution in [2.75, 3.05) is 18.0 Å². The molecule has 12 heteroatoms. The average Bonchev–Trinajstić information content (AvgIpc) is 2.82. The third-order valence-corrected chi connectivity index (χ3v) is 6.70. The molecule has 0 saturated heterocycles. The quantitative estimate of drug-likeness (QED) is 0.341. The van der Waals surface area contributed by atoms with Crippen LogP contribution in [0.25, 0.3) is 0 Å². The molecule has 0 aliphatic rings. The number of carbonyl (C=O) groups is 1. The van der Waals surface area contributed by atoms with E-state index < -0.39 is 34.2 Å². The number of hydrogen-bond acceptors (Lipinski definition) is 5. The van der Waals surface area contributed by atoms with Crippen molar-refractivity contribution in [3.05, 3.63) is 88.9 Å². The Balaban J connectivity index is 1.92. The average molecular weight is 526 g/mol. The highest BCUT2D eigenvalue weighted by Crippen LogP contribution is 2.35. The number of alkyl halides is 3. The van der Waals surface area contributed by atoms with Crippen LogP contribution in [-0.4, -0.2) is 34.2 Å². The molecule has 0 heterocycles. The lowest BCUT2D eigenvalue weighted by Gasteiger charge is -2.25. The van der Waals surface area contributed by atoms with Gasteiger partial charge in [-0.05, 0) is 36.4 Å². The minimum absolute atomic E-state index is 0.00889. The summed E-state index contributed by atoms with van der Waals surface area (Å²) in [6.45, 7) is -0.758. The van der Waals surface area contributed by atoms with Gasteiger partial charge in [0.25, 0.3) is 15.9 Å². The van der Waals surface area contributed by atoms with Gasteiger partial charge in [0.05, 0.1) is 29.5 Å². The van der Waals surface area contributed by atoms with E-state index in [2.05, 4.69) is 10.5 Å². The number of hydrogen-bond donors (Lipinski definition) is 1. The molecule has 0 aliphatic heterocycles. The number of amides is 1. The monoisotopic (exact) mass is 525 g/mol. The Labute approximate surface area is 204 Å². The predicted octanol–water partition coefficient (Wildman–Crippen LogP) is 4.71. The maximum Gasteiger partial charge on any atom is 0.417 e. The van der Waals surface area contributed by atoms with Crippen LogP contribution in [0.1, 0.15) is 11.1 Å². The normalized spacial score (nSPS) is 11.9. The van der Waals surface area contributed by atoms with Crippen molar-refractivity contribution < 1.29 is 31.1 Å². The van der Waals surface area contributed by atoms with Crippen LogP contribution in [0.15, 0.2) is 82.8 Å². The van der Waals surface area contributed by atoms with Gasteiger partial charge in [-0.15, -0.1) is 0 Å². The first-order valence-electron chi connectivity index (χ1n) is 9.93. The molecule has 184 valence electrons. The lowest BCUT2D eigenvalue weighted by molar-refractivity contribution is -0.137. The molecule has 7 nitrogen and oxygen atoms in total. The van der Waals surface area contributed by atoms with Crippen LogP contribution in [0.4, 0.5) is 18.9 Å². The van der Waals surface area contributed by atoms with Gasteiger partial charge in [0.2, 0.25) is 0 Å². The molecule has 3 aromatic carbocycles. The summed E-state index contributed by atoms with van der Waals surface area (Å²) in [6.07, 6.45) is -3.78. The summed E-state index contributed by atoms with van der Waals surface area (Å²) in [4.78, 5) is 12.5. The summed E-state index contributed by atoms with van der Waals surface area (Å²) >= 11 is 6.06. The van der Waals surface area contributed by atoms with Gasteiger partial charge in [-0.2, -0.15) is 18.3 Å². The van der Waals surface area contributed by atoms with E-state index in [0.717, 1.165) is 16.6 Å². The molecular formula is C23H19ClF3N3O4S. The molecule has 3 aromatic rings. The molecule has 35 heavy (non-hydrogen) atoms. The summed E-state index contributed by atoms with van der Waals surface area (Å²) in [5.74, 6) is -0.781. The third-order valence-electron chi connectivity index (χ3n) is 4.69. The maximum atomic E-state index is 13.4. The SMILES string of the molecule is COc1ccc(Cl)cc1N(CC(=O)N/N=C\c1ccccc1C(F)(F)F)S(=O)(=O)c1ccccc1. The number of hydrazone groups is 1. The van der Waals surface area contributed by atoms with E-state index >= 15 is 0 Å². The van der Waals surface area contributed by atoms with Gasteiger partial charge in [-0.1, -0.05) is 48.0 Å². The van der Waals surface area contributed by atoms with Crippen molar-refractivity contribution >= 4 is 39.4 Å². The van der Waals surface area contributed by atoms with Crippen LogP contribution in [-0.2, 0) is 21.0 Å². The van der Waals surface area contributed by atoms with Crippen molar-refractivity contribution in [1.82, 2.24) is 5.43 Å². The van der Waals surface area contributed by atoms with Gasteiger partial charge >= 0.3 is 6.18 Å². The van der Waals surface area contributed by atoms with Crippen molar-refractivity contribution in [3.8, 4) is 5.75 Å². The largest absolute Gasteiger partial charge is 0.495 e. The Morgan fingerprint density at radius 3 is 2.40 bits per heavy atom. The third kappa shape index (κ3) is 6.31. The van der Waals surface area contributed by atoms with Gasteiger partial charge in [-0.25, -0.2) is 13.8 Å². The van der Waals surface area contributed by atoms with Crippen molar-refractivity contribution in [1.29, 1.82) is 0 Å². The smallest absolute Gasteiger partial charge is 0.417 e. The van der Waals surface area contributed by atoms with Gasteiger partial charge in [0.15, 0.2) is 0 Å². The molecule has 1 N–H and O–H groups in total. The fourth-order valence-electron chi connectivity index (χ4n) is 3.08. The predicted molar refractivity (Wildman–Crippen MR) is 126 cm³/mol. The Morgan fingerprint density at radius 1 is 1.09 bits per heavy atom. The standard InChI is InChI=1S/C23H19ClF3N3O4S/c1-34-21-12-11-17(24)13-20(21)30(35(32,33)18-8-3-2-4-9-18)15-22(31)29-28-14-16-7-5-6-10-19(16)23(25,26)27/h2-14H,15H2,1H3,(H,29,31)/b28-14-. The zero-order valence-electron chi connectivity index (χ0n) is 18.2. The van der Waals surface area contributed by atoms with Gasteiger partial charge in [-0.3, -0.25) is 9.10 Å². The summed E-state index contributed by atoms with van der Waals surface area (Å²) in [5, 5.41) is 3.76. The molecule has 0 aromatic heterocycles. The summed E-state index contributed by atoms with van der Waals surface area (Å²) in [5.41, 5.74) is 0.852. The lowest BCUT2D eigenvalue weighted by Crippen LogP contribution is -2.39. The first kappa shape index (κ1) is 26.0. The van der Waals surface area contributed by atoms with Gasteiger partial charge < -0.3 is 4.74 Å². The Kier molecular flexibility index (Phi) is 8.03. The van der Waals surface area contributed by atoms with E-state index in [0.29, 0.717) is 0 Å². The van der Waals surface area contributed by atoms with E-state index in [9.17, 15) is 26.4 Å². The molecule has 0 aliphatic carbocycles. The van der Waals surface area contributed by atoms with Crippen molar-refractivity contribution in [3.63, 3.8) is 0 Å². The maximum absolute atomic E-state index is 13.4. The minimum atomic E-state index is -4.61. The van der Waals surface area contributed by atoms with Crippen molar-refractivity contribution in [2.45, 2.75) is 11.1 Å². The van der Waals surface area contributed by atoms with E-state index in [1.54, 1.807) is 6.07 Å². The fraction of sp³-hybridized carbons (Fsp3) is 0.130. The second-order valence-corrected chi connectivity index (χ2v) is 9.32. The van der Waals surface area contributed by atoms with E-state index in [-0.39, 0.29) is 26.9 Å². The number of rotatable bonds is 8. The number of carbonyl (C=O) groups excluding carboxylic acids is 1. The fourth-order valence-corrected chi connectivity index (χ4v) is 4.70. The molecule has 0 atom stereocenters. The molecule has 0 spiro atoms. The second kappa shape index (κ2) is 10.8. The second-order valence-electron chi connectivity index (χ2n) is 7.02. The highest BCUT2D eigenvalue weighted by atomic mass is 35.5. The van der Waals surface area contributed by atoms with Crippen LogP contribution in [0.3, 0.4) is 0 Å². The number of sulfonamides is 1. The molecule has 0 radical (unpaired) electrons. The van der Waals surface area contributed by atoms with Crippen LogP contribution in [0.2, 0.25) is 5.02 Å². The lowest BCUT2D eigenvalue weighted by atomic mass is 10.1. The van der Waals surface area contributed by atoms with E-state index in [1.165, 1.54) is 67.8 Å². The summed E-state index contributed by atoms with van der Waals surface area (Å²) in [6, 6.07) is 16.3. The minimum Gasteiger partial charge on any atom is -0.495 e. The number of methoxy groups -OCH3 is 1. The zero-order valence-corrected chi connectivity index (χ0v) is 19.7. The molecule has 0 saturated carbocycles. The Morgan fingerprint density at radius 2 is 1.74 bits per heavy atom. The number of nitrogens with zero attached hydrogens (tertiary/aromatic N) is 2. The van der Waals surface area contributed by atoms with E-state index in [4.69, 9.17) is 16.3 Å². The van der Waals surface area contributed by atoms with Crippen LogP contribution in [0.5, 0.6) is 5.75 Å². The van der Waals surface area contributed by atoms with Crippen LogP contribution in [0, 0.1) is 0 Å². The van der Waals surface area contributed by atoms with Crippen molar-refractivity contribution in [2.24, 2.45) is 5.10 Å². The highest BCUT2D eigenvalue weighted by Gasteiger charge is 2.33. The van der Waals surface area contributed by atoms with Gasteiger partial charge in [0.1, 0.15) is 12.3 Å². The molecule has 0 fully saturated rings. The molecule has 0 bridgehead atoms. The van der Waals surface area contributed by atoms with Crippen LogP contribution >= 0.6 is 11.6 Å². The summed E-state index contributed by atoms with van der Waals surface area (Å²) in [7, 11) is -2.95. The highest BCUT2D eigenvalue weighted by molar-refractivity contribution is 7.92. The molecule has 1 amide bonds. The number of ether oxygens (including phenoxy) is 1. The number of benzene rings is 3. The first-order chi connectivity index (χ1) is 16.5. The topological polar surface area (TPSA) is 88.1 Å². The number of anilines is 1. The first-order valence-corrected chi connectivity index (χ1v) is 11.8. The molecular weight excluding hydrogens is 507 g/mol. The zero-order chi connectivity index (χ0) is 25.6. The number of halogens is 4. The molecule has 3 rings (SSSR count). The van der Waals surface area contributed by atoms with Gasteiger partial charge in [0, 0.05) is 10.6 Å². The summed E-state index contributed by atoms with van der Waals surface area (Å²) < 4.78 is 72.2. The van der Waals surface area contributed by atoms with E-state index in [1.807, 2.05) is 0 Å². The Hall–Kier alpha value is -3.57.